The number of aromatic nitrogens is 1. The molecular formula is C26H23N3O2S. The molecule has 0 fully saturated rings. The second-order valence-electron chi connectivity index (χ2n) is 7.39. The summed E-state index contributed by atoms with van der Waals surface area (Å²) in [4.78, 5) is 16.7. The number of esters is 1. The van der Waals surface area contributed by atoms with Gasteiger partial charge in [0.2, 0.25) is 5.13 Å². The van der Waals surface area contributed by atoms with E-state index in [1.54, 1.807) is 18.3 Å². The van der Waals surface area contributed by atoms with Crippen molar-refractivity contribution in [3.8, 4) is 22.4 Å². The monoisotopic (exact) mass is 441 g/mol. The van der Waals surface area contributed by atoms with Crippen molar-refractivity contribution in [3.63, 3.8) is 0 Å². The number of hydrazone groups is 1. The number of ether oxygens (including phenoxy) is 1. The van der Waals surface area contributed by atoms with Gasteiger partial charge in [0.05, 0.1) is 23.6 Å². The summed E-state index contributed by atoms with van der Waals surface area (Å²) in [5, 5.41) is 7.12. The molecule has 160 valence electrons. The minimum atomic E-state index is -0.316. The minimum absolute atomic E-state index is 0.145. The van der Waals surface area contributed by atoms with E-state index >= 15 is 0 Å². The predicted octanol–water partition coefficient (Wildman–Crippen LogP) is 6.49. The Morgan fingerprint density at radius 3 is 2.44 bits per heavy atom. The number of nitrogens with one attached hydrogen (secondary N) is 1. The Hall–Kier alpha value is -3.77. The Balaban J connectivity index is 1.48. The molecule has 1 aromatic heterocycles. The van der Waals surface area contributed by atoms with Gasteiger partial charge in [-0.15, -0.1) is 11.3 Å². The standard InChI is InChI=1S/C26H23N3O2S/c1-18(2)31-25(30)21-14-12-19(13-15-21)23-11-7-6-10-22(23)16-27-29-26-28-24(17-32-26)20-8-4-3-5-9-20/h3-18H,1-2H3,(H,28,29). The highest BCUT2D eigenvalue weighted by Gasteiger charge is 2.10. The van der Waals surface area contributed by atoms with Crippen molar-refractivity contribution in [3.05, 3.63) is 95.4 Å². The maximum atomic E-state index is 12.1. The van der Waals surface area contributed by atoms with Crippen molar-refractivity contribution in [1.29, 1.82) is 0 Å². The molecule has 5 nitrogen and oxygen atoms in total. The van der Waals surface area contributed by atoms with E-state index in [1.165, 1.54) is 11.3 Å². The summed E-state index contributed by atoms with van der Waals surface area (Å²) in [5.74, 6) is -0.316. The lowest BCUT2D eigenvalue weighted by Gasteiger charge is -2.09. The van der Waals surface area contributed by atoms with E-state index in [1.807, 2.05) is 86.0 Å². The van der Waals surface area contributed by atoms with Crippen molar-refractivity contribution >= 4 is 28.7 Å². The molecule has 4 aromatic rings. The van der Waals surface area contributed by atoms with E-state index in [2.05, 4.69) is 15.5 Å². The van der Waals surface area contributed by atoms with Crippen LogP contribution >= 0.6 is 11.3 Å². The van der Waals surface area contributed by atoms with E-state index in [0.29, 0.717) is 5.56 Å². The molecule has 0 saturated carbocycles. The van der Waals surface area contributed by atoms with Crippen molar-refractivity contribution in [1.82, 2.24) is 4.98 Å². The molecule has 0 atom stereocenters. The molecule has 0 amide bonds. The molecule has 1 heterocycles. The lowest BCUT2D eigenvalue weighted by Crippen LogP contribution is -2.11. The fourth-order valence-electron chi connectivity index (χ4n) is 3.16. The first-order valence-electron chi connectivity index (χ1n) is 10.3. The van der Waals surface area contributed by atoms with Gasteiger partial charge in [0.15, 0.2) is 0 Å². The molecule has 0 spiro atoms. The van der Waals surface area contributed by atoms with Gasteiger partial charge in [-0.25, -0.2) is 9.78 Å². The summed E-state index contributed by atoms with van der Waals surface area (Å²) in [5.41, 5.74) is 8.52. The van der Waals surface area contributed by atoms with Crippen LogP contribution in [-0.4, -0.2) is 23.3 Å². The van der Waals surface area contributed by atoms with E-state index < -0.39 is 0 Å². The lowest BCUT2D eigenvalue weighted by molar-refractivity contribution is 0.0378. The topological polar surface area (TPSA) is 63.6 Å². The van der Waals surface area contributed by atoms with Gasteiger partial charge in [0.1, 0.15) is 0 Å². The van der Waals surface area contributed by atoms with Crippen molar-refractivity contribution in [2.45, 2.75) is 20.0 Å². The van der Waals surface area contributed by atoms with E-state index in [0.717, 1.165) is 33.1 Å². The molecule has 0 radical (unpaired) electrons. The summed E-state index contributed by atoms with van der Waals surface area (Å²) >= 11 is 1.51. The molecule has 0 bridgehead atoms. The number of carbonyl (C=O) groups excluding carboxylic acids is 1. The van der Waals surface area contributed by atoms with E-state index in [9.17, 15) is 4.79 Å². The molecule has 4 rings (SSSR count). The van der Waals surface area contributed by atoms with Crippen molar-refractivity contribution < 1.29 is 9.53 Å². The summed E-state index contributed by atoms with van der Waals surface area (Å²) in [7, 11) is 0. The van der Waals surface area contributed by atoms with E-state index in [4.69, 9.17) is 4.74 Å². The van der Waals surface area contributed by atoms with Crippen LogP contribution in [0.2, 0.25) is 0 Å². The Bertz CT molecular complexity index is 1220. The van der Waals surface area contributed by atoms with Crippen molar-refractivity contribution in [2.75, 3.05) is 5.43 Å². The Labute approximate surface area is 191 Å². The Morgan fingerprint density at radius 2 is 1.69 bits per heavy atom. The number of hydrogen-bond donors (Lipinski definition) is 1. The number of rotatable bonds is 7. The van der Waals surface area contributed by atoms with Crippen LogP contribution in [0, 0.1) is 0 Å². The van der Waals surface area contributed by atoms with Gasteiger partial charge in [-0.1, -0.05) is 66.7 Å². The fourth-order valence-corrected chi connectivity index (χ4v) is 3.83. The first-order valence-corrected chi connectivity index (χ1v) is 11.2. The summed E-state index contributed by atoms with van der Waals surface area (Å²) in [6.07, 6.45) is 1.63. The lowest BCUT2D eigenvalue weighted by atomic mass is 9.99. The van der Waals surface area contributed by atoms with Crippen LogP contribution in [0.1, 0.15) is 29.8 Å². The van der Waals surface area contributed by atoms with Crippen LogP contribution in [0.4, 0.5) is 5.13 Å². The fraction of sp³-hybridized carbons (Fsp3) is 0.115. The van der Waals surface area contributed by atoms with Crippen LogP contribution in [0.5, 0.6) is 0 Å². The minimum Gasteiger partial charge on any atom is -0.459 e. The highest BCUT2D eigenvalue weighted by molar-refractivity contribution is 7.14. The molecule has 0 aliphatic carbocycles. The molecular weight excluding hydrogens is 418 g/mol. The van der Waals surface area contributed by atoms with Crippen LogP contribution in [0.25, 0.3) is 22.4 Å². The number of anilines is 1. The second kappa shape index (κ2) is 10.0. The molecule has 32 heavy (non-hydrogen) atoms. The SMILES string of the molecule is CC(C)OC(=O)c1ccc(-c2ccccc2C=NNc2nc(-c3ccccc3)cs2)cc1. The zero-order valence-electron chi connectivity index (χ0n) is 17.9. The van der Waals surface area contributed by atoms with Gasteiger partial charge in [-0.3, -0.25) is 5.43 Å². The van der Waals surface area contributed by atoms with Crippen LogP contribution in [0.15, 0.2) is 89.3 Å². The quantitative estimate of drug-likeness (QED) is 0.202. The van der Waals surface area contributed by atoms with Gasteiger partial charge in [0.25, 0.3) is 0 Å². The van der Waals surface area contributed by atoms with Gasteiger partial charge in [-0.2, -0.15) is 5.10 Å². The molecule has 0 saturated heterocycles. The molecule has 3 aromatic carbocycles. The smallest absolute Gasteiger partial charge is 0.338 e. The number of benzene rings is 3. The summed E-state index contributed by atoms with van der Waals surface area (Å²) in [6.45, 7) is 3.67. The van der Waals surface area contributed by atoms with E-state index in [-0.39, 0.29) is 12.1 Å². The van der Waals surface area contributed by atoms with Crippen LogP contribution in [0.3, 0.4) is 0 Å². The van der Waals surface area contributed by atoms with Crippen LogP contribution in [-0.2, 0) is 4.74 Å². The molecule has 0 unspecified atom stereocenters. The first-order chi connectivity index (χ1) is 15.6. The third-order valence-electron chi connectivity index (χ3n) is 4.67. The maximum Gasteiger partial charge on any atom is 0.338 e. The van der Waals surface area contributed by atoms with Gasteiger partial charge in [0, 0.05) is 16.5 Å². The van der Waals surface area contributed by atoms with Gasteiger partial charge >= 0.3 is 5.97 Å². The third-order valence-corrected chi connectivity index (χ3v) is 5.42. The van der Waals surface area contributed by atoms with Gasteiger partial charge in [-0.05, 0) is 37.1 Å². The highest BCUT2D eigenvalue weighted by atomic mass is 32.1. The Kier molecular flexibility index (Phi) is 6.72. The van der Waals surface area contributed by atoms with Gasteiger partial charge < -0.3 is 4.74 Å². The first kappa shape index (κ1) is 21.5. The average molecular weight is 442 g/mol. The number of hydrogen-bond acceptors (Lipinski definition) is 6. The summed E-state index contributed by atoms with van der Waals surface area (Å²) < 4.78 is 5.26. The zero-order valence-corrected chi connectivity index (χ0v) is 18.7. The predicted molar refractivity (Wildman–Crippen MR) is 131 cm³/mol. The molecule has 0 aliphatic heterocycles. The molecule has 0 aliphatic rings. The average Bonchev–Trinajstić information content (AvgIpc) is 3.29. The van der Waals surface area contributed by atoms with Crippen molar-refractivity contribution in [2.24, 2.45) is 5.10 Å². The molecule has 6 heteroatoms. The normalized spacial score (nSPS) is 11.1. The number of nitrogens with zero attached hydrogens (tertiary/aromatic N) is 2. The van der Waals surface area contributed by atoms with Crippen LogP contribution < -0.4 is 5.43 Å². The third kappa shape index (κ3) is 5.28. The summed E-state index contributed by atoms with van der Waals surface area (Å²) in [6, 6.07) is 25.4. The second-order valence-corrected chi connectivity index (χ2v) is 8.25. The Morgan fingerprint density at radius 1 is 0.969 bits per heavy atom. The largest absolute Gasteiger partial charge is 0.459 e. The number of thiazole rings is 1. The maximum absolute atomic E-state index is 12.1. The zero-order chi connectivity index (χ0) is 22.3. The highest BCUT2D eigenvalue weighted by Crippen LogP contribution is 2.25. The molecule has 1 N–H and O–H groups in total. The number of carbonyl (C=O) groups is 1.